The van der Waals surface area contributed by atoms with Gasteiger partial charge in [0.2, 0.25) is 11.9 Å². The van der Waals surface area contributed by atoms with Crippen molar-refractivity contribution < 1.29 is 14.7 Å². The number of aliphatic carboxylic acids is 1. The van der Waals surface area contributed by atoms with Crippen molar-refractivity contribution in [2.75, 3.05) is 5.75 Å². The number of rotatable bonds is 3. The van der Waals surface area contributed by atoms with Crippen LogP contribution in [0.15, 0.2) is 16.4 Å². The molecule has 2 unspecified atom stereocenters. The van der Waals surface area contributed by atoms with Gasteiger partial charge in [-0.25, -0.2) is 10.2 Å². The molecule has 0 spiro atoms. The number of nitrogens with zero attached hydrogens (tertiary/aromatic N) is 2. The van der Waals surface area contributed by atoms with Crippen molar-refractivity contribution in [1.29, 1.82) is 5.41 Å². The SMILES string of the molecule is Cl.Cl.N=C(N)NN=CC1=C(C(=O)O)N2C(=O)C(N)C2SC1. The summed E-state index contributed by atoms with van der Waals surface area (Å²) in [6.45, 7) is 0. The van der Waals surface area contributed by atoms with Crippen LogP contribution < -0.4 is 16.9 Å². The molecule has 0 aromatic carbocycles. The third kappa shape index (κ3) is 3.59. The molecule has 1 fully saturated rings. The van der Waals surface area contributed by atoms with E-state index >= 15 is 0 Å². The third-order valence-corrected chi connectivity index (χ3v) is 3.97. The van der Waals surface area contributed by atoms with Gasteiger partial charge >= 0.3 is 5.97 Å². The molecule has 1 amide bonds. The smallest absolute Gasteiger partial charge is 0.353 e. The first kappa shape index (κ1) is 19.5. The predicted octanol–water partition coefficient (Wildman–Crippen LogP) is -1.12. The molecule has 0 aromatic rings. The van der Waals surface area contributed by atoms with Crippen molar-refractivity contribution >= 4 is 60.6 Å². The Morgan fingerprint density at radius 3 is 2.71 bits per heavy atom. The molecule has 0 aliphatic carbocycles. The summed E-state index contributed by atoms with van der Waals surface area (Å²) in [5.41, 5.74) is 13.1. The van der Waals surface area contributed by atoms with Crippen LogP contribution in [0.1, 0.15) is 0 Å². The first-order valence-corrected chi connectivity index (χ1v) is 6.28. The zero-order valence-electron chi connectivity index (χ0n) is 10.5. The fourth-order valence-corrected chi connectivity index (χ4v) is 3.06. The lowest BCUT2D eigenvalue weighted by atomic mass is 10.0. The molecule has 12 heteroatoms. The summed E-state index contributed by atoms with van der Waals surface area (Å²) in [4.78, 5) is 24.0. The Labute approximate surface area is 136 Å². The number of carboxylic acids is 1. The van der Waals surface area contributed by atoms with E-state index in [1.54, 1.807) is 0 Å². The molecule has 9 nitrogen and oxygen atoms in total. The van der Waals surface area contributed by atoms with Gasteiger partial charge in [0.25, 0.3) is 0 Å². The summed E-state index contributed by atoms with van der Waals surface area (Å²) < 4.78 is 0. The van der Waals surface area contributed by atoms with Crippen LogP contribution in [-0.4, -0.2) is 51.2 Å². The van der Waals surface area contributed by atoms with Crippen LogP contribution in [0.3, 0.4) is 0 Å². The first-order valence-electron chi connectivity index (χ1n) is 5.23. The highest BCUT2D eigenvalue weighted by molar-refractivity contribution is 8.00. The molecule has 118 valence electrons. The summed E-state index contributed by atoms with van der Waals surface area (Å²) in [5, 5.41) is 19.4. The molecule has 1 saturated heterocycles. The van der Waals surface area contributed by atoms with E-state index in [0.717, 1.165) is 4.90 Å². The second kappa shape index (κ2) is 7.50. The van der Waals surface area contributed by atoms with Crippen LogP contribution in [0.5, 0.6) is 0 Å². The van der Waals surface area contributed by atoms with Gasteiger partial charge in [0, 0.05) is 11.3 Å². The number of carbonyl (C=O) groups is 2. The summed E-state index contributed by atoms with van der Waals surface area (Å²) >= 11 is 1.37. The minimum absolute atomic E-state index is 0. The zero-order valence-corrected chi connectivity index (χ0v) is 12.9. The Morgan fingerprint density at radius 1 is 1.57 bits per heavy atom. The second-order valence-electron chi connectivity index (χ2n) is 3.90. The highest BCUT2D eigenvalue weighted by atomic mass is 35.5. The standard InChI is InChI=1S/C9H12N6O3S.2ClH/c10-4-6(16)15-5(8(17)18)3(2-19-7(4)15)1-13-14-9(11)12;;/h1,4,7H,2,10H2,(H,17,18)(H4,11,12,14);2*1H. The molecular weight excluding hydrogens is 343 g/mol. The van der Waals surface area contributed by atoms with E-state index in [1.165, 1.54) is 18.0 Å². The Morgan fingerprint density at radius 2 is 2.19 bits per heavy atom. The largest absolute Gasteiger partial charge is 0.477 e. The number of carbonyl (C=O) groups excluding carboxylic acids is 1. The highest BCUT2D eigenvalue weighted by Crippen LogP contribution is 2.38. The van der Waals surface area contributed by atoms with Gasteiger partial charge in [0.1, 0.15) is 17.1 Å². The van der Waals surface area contributed by atoms with Crippen molar-refractivity contribution in [2.24, 2.45) is 16.6 Å². The number of amides is 1. The second-order valence-corrected chi connectivity index (χ2v) is 5.00. The zero-order chi connectivity index (χ0) is 14.2. The summed E-state index contributed by atoms with van der Waals surface area (Å²) in [5.74, 6) is -1.63. The van der Waals surface area contributed by atoms with Gasteiger partial charge in [-0.3, -0.25) is 15.1 Å². The molecule has 0 saturated carbocycles. The average molecular weight is 357 g/mol. The minimum atomic E-state index is -1.21. The lowest BCUT2D eigenvalue weighted by Crippen LogP contribution is -2.68. The summed E-state index contributed by atoms with van der Waals surface area (Å²) in [7, 11) is 0. The van der Waals surface area contributed by atoms with E-state index in [-0.39, 0.29) is 41.8 Å². The molecule has 21 heavy (non-hydrogen) atoms. The third-order valence-electron chi connectivity index (χ3n) is 2.65. The van der Waals surface area contributed by atoms with Gasteiger partial charge in [-0.15, -0.1) is 36.6 Å². The maximum atomic E-state index is 11.6. The molecule has 2 aliphatic heterocycles. The molecule has 0 aromatic heterocycles. The quantitative estimate of drug-likeness (QED) is 0.185. The molecule has 2 rings (SSSR count). The number of hydrogen-bond donors (Lipinski definition) is 5. The monoisotopic (exact) mass is 356 g/mol. The van der Waals surface area contributed by atoms with Crippen LogP contribution in [-0.2, 0) is 9.59 Å². The molecule has 0 radical (unpaired) electrons. The van der Waals surface area contributed by atoms with Crippen molar-refractivity contribution in [1.82, 2.24) is 10.3 Å². The maximum Gasteiger partial charge on any atom is 0.353 e. The maximum absolute atomic E-state index is 11.6. The van der Waals surface area contributed by atoms with Gasteiger partial charge in [-0.05, 0) is 0 Å². The number of thioether (sulfide) groups is 1. The van der Waals surface area contributed by atoms with Crippen LogP contribution in [0.25, 0.3) is 0 Å². The van der Waals surface area contributed by atoms with E-state index in [0.29, 0.717) is 11.3 Å². The van der Waals surface area contributed by atoms with E-state index in [4.69, 9.17) is 16.9 Å². The number of β-lactam (4-membered cyclic amide) rings is 1. The van der Waals surface area contributed by atoms with Crippen LogP contribution >= 0.6 is 36.6 Å². The average Bonchev–Trinajstić information content (AvgIpc) is 2.36. The highest BCUT2D eigenvalue weighted by Gasteiger charge is 2.51. The first-order chi connectivity index (χ1) is 8.93. The topological polar surface area (TPSA) is 158 Å². The molecule has 2 atom stereocenters. The van der Waals surface area contributed by atoms with Crippen LogP contribution in [0, 0.1) is 5.41 Å². The minimum Gasteiger partial charge on any atom is -0.477 e. The van der Waals surface area contributed by atoms with Gasteiger partial charge in [-0.2, -0.15) is 5.10 Å². The Balaban J connectivity index is 0.00000200. The van der Waals surface area contributed by atoms with Gasteiger partial charge in [0.05, 0.1) is 6.21 Å². The number of nitrogens with two attached hydrogens (primary N) is 2. The van der Waals surface area contributed by atoms with E-state index < -0.39 is 17.9 Å². The normalized spacial score (nSPS) is 23.7. The summed E-state index contributed by atoms with van der Waals surface area (Å²) in [6, 6.07) is -0.659. The fourth-order valence-electron chi connectivity index (χ4n) is 1.82. The van der Waals surface area contributed by atoms with Crippen molar-refractivity contribution in [3.63, 3.8) is 0 Å². The predicted molar refractivity (Wildman–Crippen MR) is 83.8 cm³/mol. The number of guanidine groups is 1. The molecular formula is C9H14Cl2N6O3S. The lowest BCUT2D eigenvalue weighted by Gasteiger charge is -2.47. The molecule has 2 aliphatic rings. The van der Waals surface area contributed by atoms with Crippen molar-refractivity contribution in [3.8, 4) is 0 Å². The van der Waals surface area contributed by atoms with Crippen molar-refractivity contribution in [2.45, 2.75) is 11.4 Å². The van der Waals surface area contributed by atoms with E-state index in [1.807, 2.05) is 0 Å². The van der Waals surface area contributed by atoms with E-state index in [2.05, 4.69) is 10.5 Å². The van der Waals surface area contributed by atoms with Crippen LogP contribution in [0.4, 0.5) is 0 Å². The number of carboxylic acid groups (broad SMARTS) is 1. The number of hydrogen-bond acceptors (Lipinski definition) is 6. The van der Waals surface area contributed by atoms with E-state index in [9.17, 15) is 14.7 Å². The van der Waals surface area contributed by atoms with Gasteiger partial charge in [0.15, 0.2) is 0 Å². The number of halogens is 2. The Kier molecular flexibility index (Phi) is 6.97. The number of hydrazone groups is 1. The Hall–Kier alpha value is -1.49. The molecule has 7 N–H and O–H groups in total. The lowest BCUT2D eigenvalue weighted by molar-refractivity contribution is -0.147. The molecule has 0 bridgehead atoms. The Bertz CT molecular complexity index is 526. The van der Waals surface area contributed by atoms with Gasteiger partial charge < -0.3 is 16.6 Å². The number of nitrogens with one attached hydrogen (secondary N) is 2. The van der Waals surface area contributed by atoms with Crippen LogP contribution in [0.2, 0.25) is 0 Å². The summed E-state index contributed by atoms with van der Waals surface area (Å²) in [6.07, 6.45) is 1.24. The van der Waals surface area contributed by atoms with Crippen molar-refractivity contribution in [3.05, 3.63) is 11.3 Å². The fraction of sp³-hybridized carbons (Fsp3) is 0.333. The van der Waals surface area contributed by atoms with Gasteiger partial charge in [-0.1, -0.05) is 0 Å². The number of fused-ring (bicyclic) bond motifs is 1. The molecule has 2 heterocycles.